The third-order valence-electron chi connectivity index (χ3n) is 20.1. The Balaban J connectivity index is 5.27. The number of ether oxygens (including phenoxy) is 4. The van der Waals surface area contributed by atoms with Crippen LogP contribution in [0.15, 0.2) is 24.3 Å². The number of rotatable bonds is 85. The molecular weight excluding hydrogens is 1390 g/mol. The number of carbonyl (C=O) groups excluding carboxylic acids is 4. The molecule has 0 aromatic carbocycles. The number of phosphoric ester groups is 2. The molecule has 17 nitrogen and oxygen atoms in total. The molecule has 0 amide bonds. The van der Waals surface area contributed by atoms with Crippen LogP contribution in [-0.2, 0) is 65.4 Å². The molecule has 0 spiro atoms. The van der Waals surface area contributed by atoms with Crippen LogP contribution in [-0.4, -0.2) is 96.7 Å². The van der Waals surface area contributed by atoms with Crippen LogP contribution in [0.2, 0.25) is 0 Å². The molecule has 0 aliphatic rings. The van der Waals surface area contributed by atoms with Crippen molar-refractivity contribution in [1.29, 1.82) is 0 Å². The Bertz CT molecular complexity index is 2140. The van der Waals surface area contributed by atoms with Crippen molar-refractivity contribution in [3.05, 3.63) is 24.3 Å². The maximum Gasteiger partial charge on any atom is 0.472 e. The van der Waals surface area contributed by atoms with Crippen LogP contribution >= 0.6 is 15.6 Å². The number of hydrogen-bond acceptors (Lipinski definition) is 15. The van der Waals surface area contributed by atoms with Crippen molar-refractivity contribution in [2.45, 2.75) is 464 Å². The zero-order chi connectivity index (χ0) is 78.5. The maximum atomic E-state index is 13.2. The van der Waals surface area contributed by atoms with E-state index in [1.54, 1.807) is 0 Å². The van der Waals surface area contributed by atoms with Crippen molar-refractivity contribution in [3.63, 3.8) is 0 Å². The molecule has 0 radical (unpaired) electrons. The Morgan fingerprint density at radius 1 is 0.290 bits per heavy atom. The molecule has 632 valence electrons. The van der Waals surface area contributed by atoms with Gasteiger partial charge in [0.05, 0.1) is 26.4 Å². The van der Waals surface area contributed by atoms with Crippen LogP contribution in [0.1, 0.15) is 446 Å². The fourth-order valence-electron chi connectivity index (χ4n) is 13.2. The molecule has 107 heavy (non-hydrogen) atoms. The molecule has 19 heteroatoms. The number of phosphoric acid groups is 2. The van der Waals surface area contributed by atoms with E-state index in [4.69, 9.17) is 37.0 Å². The monoisotopic (exact) mass is 1560 g/mol. The fraction of sp³-hybridized carbons (Fsp3) is 0.909. The van der Waals surface area contributed by atoms with Crippen LogP contribution in [0.3, 0.4) is 0 Å². The first kappa shape index (κ1) is 105. The number of esters is 4. The quantitative estimate of drug-likeness (QED) is 0.0169. The average molecular weight is 1560 g/mol. The van der Waals surface area contributed by atoms with Gasteiger partial charge in [-0.15, -0.1) is 0 Å². The second kappa shape index (κ2) is 78.8. The minimum absolute atomic E-state index is 0.0857. The van der Waals surface area contributed by atoms with E-state index in [0.29, 0.717) is 25.7 Å². The van der Waals surface area contributed by atoms with Crippen LogP contribution in [0.25, 0.3) is 0 Å². The summed E-state index contributed by atoms with van der Waals surface area (Å²) >= 11 is 0. The van der Waals surface area contributed by atoms with E-state index in [1.807, 2.05) is 0 Å². The molecule has 0 saturated heterocycles. The van der Waals surface area contributed by atoms with E-state index in [1.165, 1.54) is 250 Å². The second-order valence-corrected chi connectivity index (χ2v) is 34.8. The van der Waals surface area contributed by atoms with Crippen molar-refractivity contribution < 1.29 is 80.2 Å². The van der Waals surface area contributed by atoms with Gasteiger partial charge in [-0.3, -0.25) is 37.3 Å². The standard InChI is InChI=1S/C88H168O17P2/c1-7-9-11-13-15-17-19-21-28-36-42-48-54-60-66-72-87(92)104-83(76-98-85(90)70-64-58-52-46-40-20-18-16-14-12-10-8-2)78-102-106(94,95)100-74-82(89)75-101-107(96,97)103-79-84(77-99-86(91)71-65-59-53-47-41-35-31-27-26-30-34-39-45-51-57-63-69-81(5)6)105-88(93)73-67-61-55-49-43-37-32-25-23-22-24-29-33-38-44-50-56-62-68-80(3)4/h17,19,21,28,80-84,89H,7-16,18,20,22-27,29-79H2,1-6H3,(H,94,95)(H,96,97)/b19-17-,28-21-/t82-,83+,84+/m0/s1. The van der Waals surface area contributed by atoms with Gasteiger partial charge in [0.2, 0.25) is 0 Å². The number of unbranched alkanes of at least 4 members (excludes halogenated alkanes) is 52. The molecule has 0 heterocycles. The van der Waals surface area contributed by atoms with E-state index in [9.17, 15) is 43.2 Å². The SMILES string of the molecule is CCCCCC/C=C\C=C/CCCCCCCC(=O)O[C@H](COC(=O)CCCCCCCCCCCCCC)COP(=O)(O)OC[C@H](O)COP(=O)(O)OC[C@@H](COC(=O)CCCCCCCCCCCCCCCCCCC(C)C)OC(=O)CCCCCCCCCCCCCCCCCCCCC(C)C. The lowest BCUT2D eigenvalue weighted by Crippen LogP contribution is -2.30. The van der Waals surface area contributed by atoms with Crippen molar-refractivity contribution in [2.75, 3.05) is 39.6 Å². The van der Waals surface area contributed by atoms with Crippen LogP contribution < -0.4 is 0 Å². The molecule has 0 rings (SSSR count). The van der Waals surface area contributed by atoms with E-state index in [0.717, 1.165) is 115 Å². The summed E-state index contributed by atoms with van der Waals surface area (Å²) in [5.74, 6) is -0.498. The summed E-state index contributed by atoms with van der Waals surface area (Å²) in [5.41, 5.74) is 0. The zero-order valence-electron chi connectivity index (χ0n) is 69.9. The van der Waals surface area contributed by atoms with Crippen LogP contribution in [0.5, 0.6) is 0 Å². The Morgan fingerprint density at radius 2 is 0.505 bits per heavy atom. The molecular formula is C88H168O17P2. The summed E-state index contributed by atoms with van der Waals surface area (Å²) in [5, 5.41) is 10.7. The van der Waals surface area contributed by atoms with Gasteiger partial charge >= 0.3 is 39.5 Å². The molecule has 5 atom stereocenters. The van der Waals surface area contributed by atoms with Gasteiger partial charge in [0, 0.05) is 25.7 Å². The van der Waals surface area contributed by atoms with Gasteiger partial charge in [0.1, 0.15) is 19.3 Å². The average Bonchev–Trinajstić information content (AvgIpc) is 0.899. The summed E-state index contributed by atoms with van der Waals surface area (Å²) in [6.07, 6.45) is 74.3. The first-order chi connectivity index (χ1) is 51.9. The molecule has 0 bridgehead atoms. The normalized spacial score (nSPS) is 13.9. The molecule has 3 N–H and O–H groups in total. The summed E-state index contributed by atoms with van der Waals surface area (Å²) in [6, 6.07) is 0. The molecule has 0 aliphatic heterocycles. The third kappa shape index (κ3) is 81.4. The van der Waals surface area contributed by atoms with Crippen molar-refractivity contribution >= 4 is 39.5 Å². The molecule has 0 aromatic heterocycles. The van der Waals surface area contributed by atoms with Crippen molar-refractivity contribution in [3.8, 4) is 0 Å². The summed E-state index contributed by atoms with van der Waals surface area (Å²) < 4.78 is 68.9. The lowest BCUT2D eigenvalue weighted by molar-refractivity contribution is -0.161. The van der Waals surface area contributed by atoms with Gasteiger partial charge in [0.15, 0.2) is 12.2 Å². The minimum Gasteiger partial charge on any atom is -0.462 e. The highest BCUT2D eigenvalue weighted by molar-refractivity contribution is 7.47. The number of hydrogen-bond donors (Lipinski definition) is 3. The summed E-state index contributed by atoms with van der Waals surface area (Å²) in [7, 11) is -9.94. The van der Waals surface area contributed by atoms with Gasteiger partial charge in [-0.2, -0.15) is 0 Å². The number of aliphatic hydroxyl groups excluding tert-OH is 1. The first-order valence-electron chi connectivity index (χ1n) is 44.8. The van der Waals surface area contributed by atoms with E-state index in [2.05, 4.69) is 65.8 Å². The van der Waals surface area contributed by atoms with Gasteiger partial charge in [-0.1, -0.05) is 393 Å². The fourth-order valence-corrected chi connectivity index (χ4v) is 14.8. The highest BCUT2D eigenvalue weighted by Gasteiger charge is 2.30. The van der Waals surface area contributed by atoms with Gasteiger partial charge in [0.25, 0.3) is 0 Å². The topological polar surface area (TPSA) is 237 Å². The Labute approximate surface area is 656 Å². The summed E-state index contributed by atoms with van der Waals surface area (Å²) in [4.78, 5) is 73.3. The predicted molar refractivity (Wildman–Crippen MR) is 441 cm³/mol. The first-order valence-corrected chi connectivity index (χ1v) is 47.8. The molecule has 2 unspecified atom stereocenters. The lowest BCUT2D eigenvalue weighted by Gasteiger charge is -2.21. The lowest BCUT2D eigenvalue weighted by atomic mass is 10.0. The number of allylic oxidation sites excluding steroid dienone is 4. The summed E-state index contributed by atoms with van der Waals surface area (Å²) in [6.45, 7) is 9.68. The molecule has 0 saturated carbocycles. The minimum atomic E-state index is -4.97. The number of aliphatic hydroxyl groups is 1. The van der Waals surface area contributed by atoms with E-state index < -0.39 is 97.5 Å². The maximum absolute atomic E-state index is 13.2. The third-order valence-corrected chi connectivity index (χ3v) is 22.0. The van der Waals surface area contributed by atoms with E-state index in [-0.39, 0.29) is 25.7 Å². The Kier molecular flexibility index (Phi) is 77.0. The highest BCUT2D eigenvalue weighted by atomic mass is 31.2. The second-order valence-electron chi connectivity index (χ2n) is 31.9. The molecule has 0 aromatic rings. The molecule has 0 aliphatic carbocycles. The zero-order valence-corrected chi connectivity index (χ0v) is 71.7. The Morgan fingerprint density at radius 3 is 0.766 bits per heavy atom. The van der Waals surface area contributed by atoms with Crippen molar-refractivity contribution in [1.82, 2.24) is 0 Å². The predicted octanol–water partition coefficient (Wildman–Crippen LogP) is 26.6. The van der Waals surface area contributed by atoms with Crippen LogP contribution in [0.4, 0.5) is 0 Å². The largest absolute Gasteiger partial charge is 0.472 e. The number of carbonyl (C=O) groups is 4. The van der Waals surface area contributed by atoms with Crippen molar-refractivity contribution in [2.24, 2.45) is 11.8 Å². The van der Waals surface area contributed by atoms with Gasteiger partial charge < -0.3 is 33.8 Å². The van der Waals surface area contributed by atoms with Gasteiger partial charge in [-0.25, -0.2) is 9.13 Å². The van der Waals surface area contributed by atoms with E-state index >= 15 is 0 Å². The highest BCUT2D eigenvalue weighted by Crippen LogP contribution is 2.45. The van der Waals surface area contributed by atoms with Crippen LogP contribution in [0, 0.1) is 11.8 Å². The Hall–Kier alpha value is -2.46. The van der Waals surface area contributed by atoms with Gasteiger partial charge in [-0.05, 0) is 63.2 Å². The molecule has 0 fully saturated rings. The smallest absolute Gasteiger partial charge is 0.462 e.